The third-order valence-corrected chi connectivity index (χ3v) is 7.10. The van der Waals surface area contributed by atoms with Gasteiger partial charge in [0.2, 0.25) is 0 Å². The first-order valence-corrected chi connectivity index (χ1v) is 14.2. The number of carbonyl (C=O) groups excluding carboxylic acids is 2. The Balaban J connectivity index is 1.20. The average molecular weight is 592 g/mol. The Morgan fingerprint density at radius 1 is 0.841 bits per heavy atom. The van der Waals surface area contributed by atoms with Crippen LogP contribution in [0.4, 0.5) is 0 Å². The number of aromatic nitrogens is 2. The van der Waals surface area contributed by atoms with Crippen LogP contribution in [0.1, 0.15) is 27.2 Å². The van der Waals surface area contributed by atoms with Gasteiger partial charge in [0.25, 0.3) is 11.5 Å². The predicted octanol–water partition coefficient (Wildman–Crippen LogP) is 4.88. The van der Waals surface area contributed by atoms with Crippen molar-refractivity contribution in [2.45, 2.75) is 32.5 Å². The van der Waals surface area contributed by atoms with Crippen molar-refractivity contribution in [2.75, 3.05) is 13.7 Å². The van der Waals surface area contributed by atoms with Crippen molar-refractivity contribution < 1.29 is 23.8 Å². The van der Waals surface area contributed by atoms with Crippen molar-refractivity contribution >= 4 is 22.9 Å². The Morgan fingerprint density at radius 2 is 1.59 bits per heavy atom. The van der Waals surface area contributed by atoms with E-state index in [4.69, 9.17) is 14.2 Å². The summed E-state index contributed by atoms with van der Waals surface area (Å²) in [5.41, 5.74) is 3.91. The molecule has 0 aliphatic rings. The van der Waals surface area contributed by atoms with Crippen LogP contribution in [0.2, 0.25) is 0 Å². The number of aryl methyl sites for hydroxylation is 1. The molecule has 44 heavy (non-hydrogen) atoms. The number of methoxy groups -OCH3 is 1. The van der Waals surface area contributed by atoms with Gasteiger partial charge in [-0.25, -0.2) is 9.78 Å². The molecule has 0 spiro atoms. The van der Waals surface area contributed by atoms with Gasteiger partial charge in [-0.1, -0.05) is 60.7 Å². The average Bonchev–Trinajstić information content (AvgIpc) is 3.06. The largest absolute Gasteiger partial charge is 0.492 e. The van der Waals surface area contributed by atoms with Crippen LogP contribution in [0.3, 0.4) is 0 Å². The maximum atomic E-state index is 13.2. The molecule has 1 aromatic heterocycles. The lowest BCUT2D eigenvalue weighted by Crippen LogP contribution is -2.43. The van der Waals surface area contributed by atoms with Crippen molar-refractivity contribution in [3.8, 4) is 11.5 Å². The van der Waals surface area contributed by atoms with E-state index < -0.39 is 17.9 Å². The quantitative estimate of drug-likeness (QED) is 0.206. The molecule has 0 bridgehead atoms. The molecule has 5 aromatic rings. The second-order valence-electron chi connectivity index (χ2n) is 10.2. The molecule has 1 amide bonds. The van der Waals surface area contributed by atoms with E-state index in [1.807, 2.05) is 78.9 Å². The van der Waals surface area contributed by atoms with Crippen LogP contribution in [0, 0.1) is 6.92 Å². The van der Waals surface area contributed by atoms with E-state index in [1.165, 1.54) is 7.11 Å². The van der Waals surface area contributed by atoms with E-state index in [-0.39, 0.29) is 18.6 Å². The number of fused-ring (bicyclic) bond motifs is 1. The van der Waals surface area contributed by atoms with Crippen LogP contribution in [0.15, 0.2) is 108 Å². The Hall–Kier alpha value is -5.44. The molecule has 1 unspecified atom stereocenters. The standard InChI is InChI=1S/C35H33N3O6/c1-24-34(40)38(32-14-7-6-13-30(32)36-24)19-20-43-29-12-8-11-27(22-29)33(39)37-31(35(41)42-2)21-25-15-17-28(18-16-25)44-23-26-9-4-3-5-10-26/h3-18,22,31H,19-21,23H2,1-2H3,(H,37,39). The van der Waals surface area contributed by atoms with Crippen LogP contribution < -0.4 is 20.3 Å². The van der Waals surface area contributed by atoms with Gasteiger partial charge in [0.05, 0.1) is 24.7 Å². The van der Waals surface area contributed by atoms with Crippen LogP contribution in [0.25, 0.3) is 11.0 Å². The maximum Gasteiger partial charge on any atom is 0.328 e. The molecule has 0 radical (unpaired) electrons. The molecule has 1 N–H and O–H groups in total. The first-order chi connectivity index (χ1) is 21.4. The summed E-state index contributed by atoms with van der Waals surface area (Å²) in [6, 6.07) is 30.4. The highest BCUT2D eigenvalue weighted by Gasteiger charge is 2.23. The fraction of sp³-hybridized carbons (Fsp3) is 0.200. The van der Waals surface area contributed by atoms with Crippen molar-refractivity contribution in [2.24, 2.45) is 0 Å². The summed E-state index contributed by atoms with van der Waals surface area (Å²) < 4.78 is 18.4. The minimum Gasteiger partial charge on any atom is -0.492 e. The van der Waals surface area contributed by atoms with E-state index >= 15 is 0 Å². The molecule has 1 atom stereocenters. The summed E-state index contributed by atoms with van der Waals surface area (Å²) in [5.74, 6) is 0.160. The van der Waals surface area contributed by atoms with Gasteiger partial charge in [0, 0.05) is 12.0 Å². The molecule has 0 fully saturated rings. The van der Waals surface area contributed by atoms with E-state index in [9.17, 15) is 14.4 Å². The Bertz CT molecular complexity index is 1800. The molecule has 0 saturated heterocycles. The molecule has 9 nitrogen and oxygen atoms in total. The summed E-state index contributed by atoms with van der Waals surface area (Å²) in [7, 11) is 1.29. The minimum absolute atomic E-state index is 0.177. The van der Waals surface area contributed by atoms with E-state index in [0.717, 1.165) is 22.2 Å². The highest BCUT2D eigenvalue weighted by atomic mass is 16.5. The molecule has 5 rings (SSSR count). The Labute approximate surface area is 255 Å². The molecular formula is C35H33N3O6. The number of ether oxygens (including phenoxy) is 3. The number of nitrogens with zero attached hydrogens (tertiary/aromatic N) is 2. The number of nitrogens with one attached hydrogen (secondary N) is 1. The molecule has 0 aliphatic carbocycles. The first-order valence-electron chi connectivity index (χ1n) is 14.2. The Kier molecular flexibility index (Phi) is 9.66. The van der Waals surface area contributed by atoms with Crippen LogP contribution in [0.5, 0.6) is 11.5 Å². The number of hydrogen-bond acceptors (Lipinski definition) is 7. The predicted molar refractivity (Wildman–Crippen MR) is 167 cm³/mol. The fourth-order valence-electron chi connectivity index (χ4n) is 4.80. The SMILES string of the molecule is COC(=O)C(Cc1ccc(OCc2ccccc2)cc1)NC(=O)c1cccc(OCCn2c(=O)c(C)nc3ccccc32)c1. The van der Waals surface area contributed by atoms with Crippen molar-refractivity contribution in [1.29, 1.82) is 0 Å². The minimum atomic E-state index is -0.900. The van der Waals surface area contributed by atoms with Gasteiger partial charge in [-0.15, -0.1) is 0 Å². The number of para-hydroxylation sites is 2. The third kappa shape index (κ3) is 7.49. The van der Waals surface area contributed by atoms with Crippen LogP contribution >= 0.6 is 0 Å². The number of benzene rings is 4. The number of esters is 1. The molecule has 9 heteroatoms. The topological polar surface area (TPSA) is 109 Å². The van der Waals surface area contributed by atoms with Gasteiger partial charge >= 0.3 is 5.97 Å². The zero-order valence-corrected chi connectivity index (χ0v) is 24.6. The summed E-state index contributed by atoms with van der Waals surface area (Å²) in [4.78, 5) is 42.8. The number of hydrogen-bond donors (Lipinski definition) is 1. The zero-order chi connectivity index (χ0) is 30.9. The molecule has 0 aliphatic heterocycles. The van der Waals surface area contributed by atoms with Gasteiger partial charge in [-0.05, 0) is 60.5 Å². The lowest BCUT2D eigenvalue weighted by Gasteiger charge is -2.17. The van der Waals surface area contributed by atoms with Gasteiger partial charge in [-0.3, -0.25) is 9.59 Å². The van der Waals surface area contributed by atoms with Gasteiger partial charge in [0.1, 0.15) is 36.4 Å². The van der Waals surface area contributed by atoms with Crippen molar-refractivity contribution in [3.05, 3.63) is 136 Å². The van der Waals surface area contributed by atoms with Crippen molar-refractivity contribution in [1.82, 2.24) is 14.9 Å². The summed E-state index contributed by atoms with van der Waals surface area (Å²) >= 11 is 0. The maximum absolute atomic E-state index is 13.2. The molecule has 224 valence electrons. The van der Waals surface area contributed by atoms with Crippen LogP contribution in [-0.4, -0.2) is 41.2 Å². The summed E-state index contributed by atoms with van der Waals surface area (Å²) in [5, 5.41) is 2.78. The highest BCUT2D eigenvalue weighted by Crippen LogP contribution is 2.18. The number of carbonyl (C=O) groups is 2. The van der Waals surface area contributed by atoms with Crippen molar-refractivity contribution in [3.63, 3.8) is 0 Å². The molecule has 1 heterocycles. The Morgan fingerprint density at radius 3 is 2.36 bits per heavy atom. The lowest BCUT2D eigenvalue weighted by molar-refractivity contribution is -0.142. The summed E-state index contributed by atoms with van der Waals surface area (Å²) in [6.45, 7) is 2.64. The van der Waals surface area contributed by atoms with E-state index in [2.05, 4.69) is 10.3 Å². The third-order valence-electron chi connectivity index (χ3n) is 7.10. The molecular weight excluding hydrogens is 558 g/mol. The lowest BCUT2D eigenvalue weighted by atomic mass is 10.0. The second-order valence-corrected chi connectivity index (χ2v) is 10.2. The number of rotatable bonds is 12. The summed E-state index contributed by atoms with van der Waals surface area (Å²) in [6.07, 6.45) is 0.238. The van der Waals surface area contributed by atoms with Crippen LogP contribution in [-0.2, 0) is 29.1 Å². The van der Waals surface area contributed by atoms with Gasteiger partial charge < -0.3 is 24.1 Å². The molecule has 0 saturated carbocycles. The van der Waals surface area contributed by atoms with Gasteiger partial charge in [-0.2, -0.15) is 0 Å². The fourth-order valence-corrected chi connectivity index (χ4v) is 4.80. The van der Waals surface area contributed by atoms with E-state index in [0.29, 0.717) is 35.9 Å². The monoisotopic (exact) mass is 591 g/mol. The van der Waals surface area contributed by atoms with E-state index in [1.54, 1.807) is 35.8 Å². The zero-order valence-electron chi connectivity index (χ0n) is 24.6. The smallest absolute Gasteiger partial charge is 0.328 e. The first kappa shape index (κ1) is 30.0. The normalized spacial score (nSPS) is 11.5. The number of amides is 1. The van der Waals surface area contributed by atoms with Gasteiger partial charge in [0.15, 0.2) is 0 Å². The second kappa shape index (κ2) is 14.2. The molecule has 4 aromatic carbocycles. The highest BCUT2D eigenvalue weighted by molar-refractivity contribution is 5.97.